The molecule has 1 aromatic rings. The fourth-order valence-electron chi connectivity index (χ4n) is 1.85. The van der Waals surface area contributed by atoms with Gasteiger partial charge in [-0.3, -0.25) is 14.5 Å². The average Bonchev–Trinajstić information content (AvgIpc) is 2.69. The summed E-state index contributed by atoms with van der Waals surface area (Å²) in [7, 11) is 0. The van der Waals surface area contributed by atoms with E-state index in [1.165, 1.54) is 11.0 Å². The van der Waals surface area contributed by atoms with Crippen LogP contribution in [0.1, 0.15) is 19.4 Å². The van der Waals surface area contributed by atoms with E-state index in [4.69, 9.17) is 4.74 Å². The van der Waals surface area contributed by atoms with Crippen molar-refractivity contribution in [3.8, 4) is 5.75 Å². The third-order valence-electron chi connectivity index (χ3n) is 2.73. The molecule has 2 rings (SSSR count). The standard InChI is InChI=1S/C16H17NO3S/c1-4-9-17-15(18)14(21-16(17)19)10-12-5-7-13(8-6-12)20-11(2)3/h4-8,10-11H,1,9H2,2-3H3/b14-10+. The smallest absolute Gasteiger partial charge is 0.293 e. The Bertz CT molecular complexity index is 590. The van der Waals surface area contributed by atoms with Gasteiger partial charge in [0.25, 0.3) is 11.1 Å². The molecule has 1 saturated heterocycles. The zero-order valence-electron chi connectivity index (χ0n) is 12.0. The van der Waals surface area contributed by atoms with Crippen molar-refractivity contribution in [1.29, 1.82) is 0 Å². The van der Waals surface area contributed by atoms with E-state index in [9.17, 15) is 9.59 Å². The minimum atomic E-state index is -0.271. The summed E-state index contributed by atoms with van der Waals surface area (Å²) >= 11 is 0.951. The minimum absolute atomic E-state index is 0.117. The van der Waals surface area contributed by atoms with Gasteiger partial charge in [-0.1, -0.05) is 18.2 Å². The number of benzene rings is 1. The lowest BCUT2D eigenvalue weighted by atomic mass is 10.2. The second-order valence-electron chi connectivity index (χ2n) is 4.82. The highest BCUT2D eigenvalue weighted by molar-refractivity contribution is 8.18. The Morgan fingerprint density at radius 1 is 1.29 bits per heavy atom. The van der Waals surface area contributed by atoms with Crippen LogP contribution in [0.2, 0.25) is 0 Å². The van der Waals surface area contributed by atoms with Crippen LogP contribution in [0, 0.1) is 0 Å². The Kier molecular flexibility index (Phi) is 4.85. The molecule has 1 heterocycles. The maximum Gasteiger partial charge on any atom is 0.293 e. The molecule has 0 atom stereocenters. The van der Waals surface area contributed by atoms with Gasteiger partial charge in [-0.05, 0) is 49.4 Å². The number of nitrogens with zero attached hydrogens (tertiary/aromatic N) is 1. The number of ether oxygens (including phenoxy) is 1. The summed E-state index contributed by atoms with van der Waals surface area (Å²) in [5.74, 6) is 0.509. The quantitative estimate of drug-likeness (QED) is 0.614. The van der Waals surface area contributed by atoms with Crippen LogP contribution in [0.15, 0.2) is 41.8 Å². The zero-order valence-corrected chi connectivity index (χ0v) is 12.9. The molecule has 1 aliphatic heterocycles. The van der Waals surface area contributed by atoms with Gasteiger partial charge in [-0.2, -0.15) is 0 Å². The Morgan fingerprint density at radius 2 is 1.95 bits per heavy atom. The molecule has 5 heteroatoms. The third-order valence-corrected chi connectivity index (χ3v) is 3.64. The monoisotopic (exact) mass is 303 g/mol. The minimum Gasteiger partial charge on any atom is -0.491 e. The largest absolute Gasteiger partial charge is 0.491 e. The van der Waals surface area contributed by atoms with Gasteiger partial charge in [-0.25, -0.2) is 0 Å². The summed E-state index contributed by atoms with van der Waals surface area (Å²) in [5, 5.41) is -0.258. The maximum atomic E-state index is 12.1. The van der Waals surface area contributed by atoms with E-state index in [1.807, 2.05) is 38.1 Å². The molecule has 0 aromatic heterocycles. The van der Waals surface area contributed by atoms with Crippen LogP contribution in [0.4, 0.5) is 4.79 Å². The highest BCUT2D eigenvalue weighted by Crippen LogP contribution is 2.32. The van der Waals surface area contributed by atoms with E-state index in [2.05, 4.69) is 6.58 Å². The lowest BCUT2D eigenvalue weighted by molar-refractivity contribution is -0.122. The molecule has 0 N–H and O–H groups in total. The second kappa shape index (κ2) is 6.63. The van der Waals surface area contributed by atoms with E-state index in [0.717, 1.165) is 23.1 Å². The van der Waals surface area contributed by atoms with Crippen molar-refractivity contribution in [2.45, 2.75) is 20.0 Å². The van der Waals surface area contributed by atoms with Gasteiger partial charge < -0.3 is 4.74 Å². The molecular weight excluding hydrogens is 286 g/mol. The number of thioether (sulfide) groups is 1. The Balaban J connectivity index is 2.15. The summed E-state index contributed by atoms with van der Waals surface area (Å²) in [6.07, 6.45) is 3.37. The van der Waals surface area contributed by atoms with E-state index in [0.29, 0.717) is 4.91 Å². The Labute approximate surface area is 128 Å². The van der Waals surface area contributed by atoms with E-state index in [1.54, 1.807) is 6.08 Å². The first kappa shape index (κ1) is 15.4. The molecule has 0 bridgehead atoms. The van der Waals surface area contributed by atoms with Gasteiger partial charge in [0.05, 0.1) is 11.0 Å². The predicted octanol–water partition coefficient (Wildman–Crippen LogP) is 3.70. The van der Waals surface area contributed by atoms with Crippen LogP contribution < -0.4 is 4.74 Å². The second-order valence-corrected chi connectivity index (χ2v) is 5.81. The van der Waals surface area contributed by atoms with Gasteiger partial charge in [0.15, 0.2) is 0 Å². The topological polar surface area (TPSA) is 46.6 Å². The number of rotatable bonds is 5. The van der Waals surface area contributed by atoms with Crippen molar-refractivity contribution in [2.75, 3.05) is 6.54 Å². The van der Waals surface area contributed by atoms with Crippen molar-refractivity contribution < 1.29 is 14.3 Å². The molecule has 4 nitrogen and oxygen atoms in total. The summed E-state index contributed by atoms with van der Waals surface area (Å²) in [5.41, 5.74) is 0.857. The van der Waals surface area contributed by atoms with E-state index >= 15 is 0 Å². The van der Waals surface area contributed by atoms with Gasteiger partial charge in [-0.15, -0.1) is 6.58 Å². The first-order valence-electron chi connectivity index (χ1n) is 6.64. The number of imide groups is 1. The number of carbonyl (C=O) groups is 2. The van der Waals surface area contributed by atoms with Crippen LogP contribution in [-0.2, 0) is 4.79 Å². The predicted molar refractivity (Wildman–Crippen MR) is 85.1 cm³/mol. The molecule has 1 aromatic carbocycles. The molecular formula is C16H17NO3S. The van der Waals surface area contributed by atoms with Crippen LogP contribution in [0.5, 0.6) is 5.75 Å². The number of hydrogen-bond donors (Lipinski definition) is 0. The van der Waals surface area contributed by atoms with Crippen molar-refractivity contribution >= 4 is 29.0 Å². The lowest BCUT2D eigenvalue weighted by Crippen LogP contribution is -2.27. The fourth-order valence-corrected chi connectivity index (χ4v) is 2.70. The molecule has 0 spiro atoms. The third kappa shape index (κ3) is 3.76. The molecule has 0 radical (unpaired) electrons. The van der Waals surface area contributed by atoms with Crippen molar-refractivity contribution in [3.63, 3.8) is 0 Å². The van der Waals surface area contributed by atoms with Gasteiger partial charge in [0, 0.05) is 6.54 Å². The Hall–Kier alpha value is -2.01. The number of carbonyl (C=O) groups excluding carboxylic acids is 2. The Morgan fingerprint density at radius 3 is 2.52 bits per heavy atom. The van der Waals surface area contributed by atoms with Crippen LogP contribution in [-0.4, -0.2) is 28.7 Å². The van der Waals surface area contributed by atoms with Crippen LogP contribution in [0.3, 0.4) is 0 Å². The first-order valence-corrected chi connectivity index (χ1v) is 7.46. The molecule has 1 fully saturated rings. The van der Waals surface area contributed by atoms with Crippen molar-refractivity contribution in [2.24, 2.45) is 0 Å². The average molecular weight is 303 g/mol. The number of amides is 2. The van der Waals surface area contributed by atoms with Crippen molar-refractivity contribution in [1.82, 2.24) is 4.90 Å². The highest BCUT2D eigenvalue weighted by Gasteiger charge is 2.33. The molecule has 0 unspecified atom stereocenters. The summed E-state index contributed by atoms with van der Waals surface area (Å²) in [4.78, 5) is 25.4. The van der Waals surface area contributed by atoms with E-state index < -0.39 is 0 Å². The summed E-state index contributed by atoms with van der Waals surface area (Å²) in [6.45, 7) is 7.71. The maximum absolute atomic E-state index is 12.1. The van der Waals surface area contributed by atoms with Gasteiger partial charge in [0.2, 0.25) is 0 Å². The molecule has 0 saturated carbocycles. The van der Waals surface area contributed by atoms with Crippen LogP contribution in [0.25, 0.3) is 6.08 Å². The van der Waals surface area contributed by atoms with Crippen molar-refractivity contribution in [3.05, 3.63) is 47.4 Å². The first-order chi connectivity index (χ1) is 10.0. The lowest BCUT2D eigenvalue weighted by Gasteiger charge is -2.09. The summed E-state index contributed by atoms with van der Waals surface area (Å²) in [6, 6.07) is 7.41. The van der Waals surface area contributed by atoms with Gasteiger partial charge in [0.1, 0.15) is 5.75 Å². The zero-order chi connectivity index (χ0) is 15.4. The SMILES string of the molecule is C=CCN1C(=O)S/C(=C/c2ccc(OC(C)C)cc2)C1=O. The normalized spacial score (nSPS) is 16.9. The molecule has 21 heavy (non-hydrogen) atoms. The number of hydrogen-bond acceptors (Lipinski definition) is 4. The molecule has 110 valence electrons. The summed E-state index contributed by atoms with van der Waals surface area (Å²) < 4.78 is 5.56. The molecule has 1 aliphatic rings. The highest BCUT2D eigenvalue weighted by atomic mass is 32.2. The van der Waals surface area contributed by atoms with E-state index in [-0.39, 0.29) is 23.8 Å². The molecule has 0 aliphatic carbocycles. The molecule has 2 amide bonds. The van der Waals surface area contributed by atoms with Gasteiger partial charge >= 0.3 is 0 Å². The van der Waals surface area contributed by atoms with Crippen LogP contribution >= 0.6 is 11.8 Å². The fraction of sp³-hybridized carbons (Fsp3) is 0.250.